The molecular formula is C21H19N9O2S. The second-order valence-corrected chi connectivity index (χ2v) is 8.00. The molecule has 0 unspecified atom stereocenters. The third kappa shape index (κ3) is 3.91. The topological polar surface area (TPSA) is 141 Å². The Morgan fingerprint density at radius 2 is 1.91 bits per heavy atom. The Kier molecular flexibility index (Phi) is 5.26. The van der Waals surface area contributed by atoms with Crippen LogP contribution in [-0.4, -0.2) is 55.2 Å². The molecule has 0 radical (unpaired) electrons. The lowest BCUT2D eigenvalue weighted by atomic mass is 10.2. The number of rotatable bonds is 6. The zero-order valence-electron chi connectivity index (χ0n) is 18.0. The van der Waals surface area contributed by atoms with Gasteiger partial charge in [0.25, 0.3) is 0 Å². The standard InChI is InChI=1S/C21H19N9O2S/c1-11-4-6-13-14(8-11)30-17(26-27-19(30)22)18(24-13)33-21-25-20(28-29-21)23-10-12-5-7-15(31-2)16(9-12)32-3/h4-10H,1-3H3,(H2,22,27)(H,25,28,29)/b23-10+. The SMILES string of the molecule is COc1ccc(/C=N/c2nc(Sc3nc4ccc(C)cc4n4c(N)nnc34)n[nH]2)cc1OC. The van der Waals surface area contributed by atoms with Gasteiger partial charge < -0.3 is 15.2 Å². The number of hydrogen-bond donors (Lipinski definition) is 2. The van der Waals surface area contributed by atoms with Gasteiger partial charge in [0.15, 0.2) is 17.1 Å². The number of fused-ring (bicyclic) bond motifs is 3. The first-order valence-electron chi connectivity index (χ1n) is 9.83. The van der Waals surface area contributed by atoms with E-state index in [1.54, 1.807) is 24.8 Å². The second-order valence-electron chi connectivity index (χ2n) is 7.04. The first kappa shape index (κ1) is 20.7. The number of nitrogen functional groups attached to an aromatic ring is 1. The number of methoxy groups -OCH3 is 2. The number of benzene rings is 2. The van der Waals surface area contributed by atoms with Gasteiger partial charge >= 0.3 is 0 Å². The summed E-state index contributed by atoms with van der Waals surface area (Å²) in [6, 6.07) is 11.4. The van der Waals surface area contributed by atoms with Crippen molar-refractivity contribution in [3.63, 3.8) is 0 Å². The van der Waals surface area contributed by atoms with Crippen LogP contribution in [0.4, 0.5) is 11.9 Å². The largest absolute Gasteiger partial charge is 0.493 e. The minimum absolute atomic E-state index is 0.292. The van der Waals surface area contributed by atoms with Gasteiger partial charge in [0.05, 0.1) is 25.3 Å². The predicted octanol–water partition coefficient (Wildman–Crippen LogP) is 3.21. The highest BCUT2D eigenvalue weighted by atomic mass is 32.2. The summed E-state index contributed by atoms with van der Waals surface area (Å²) in [4.78, 5) is 13.5. The van der Waals surface area contributed by atoms with Gasteiger partial charge in [-0.25, -0.2) is 15.1 Å². The van der Waals surface area contributed by atoms with Gasteiger partial charge in [-0.15, -0.1) is 15.3 Å². The molecular weight excluding hydrogens is 442 g/mol. The molecule has 3 heterocycles. The predicted molar refractivity (Wildman–Crippen MR) is 125 cm³/mol. The minimum Gasteiger partial charge on any atom is -0.493 e. The minimum atomic E-state index is 0.292. The molecule has 0 fully saturated rings. The maximum atomic E-state index is 6.07. The summed E-state index contributed by atoms with van der Waals surface area (Å²) in [5, 5.41) is 16.3. The highest BCUT2D eigenvalue weighted by Gasteiger charge is 2.16. The molecule has 0 aliphatic rings. The van der Waals surface area contributed by atoms with Gasteiger partial charge in [0.2, 0.25) is 17.1 Å². The van der Waals surface area contributed by atoms with E-state index in [2.05, 4.69) is 30.4 Å². The van der Waals surface area contributed by atoms with E-state index < -0.39 is 0 Å². The Balaban J connectivity index is 1.43. The number of aliphatic imine (C=N–C) groups is 1. The van der Waals surface area contributed by atoms with Gasteiger partial charge in [0.1, 0.15) is 5.03 Å². The van der Waals surface area contributed by atoms with Crippen molar-refractivity contribution in [3.8, 4) is 11.5 Å². The molecule has 0 amide bonds. The highest BCUT2D eigenvalue weighted by Crippen LogP contribution is 2.31. The maximum absolute atomic E-state index is 6.07. The lowest BCUT2D eigenvalue weighted by Crippen LogP contribution is -1.99. The average molecular weight is 462 g/mol. The number of nitrogens with zero attached hydrogens (tertiary/aromatic N) is 7. The zero-order valence-corrected chi connectivity index (χ0v) is 18.8. The van der Waals surface area contributed by atoms with Crippen molar-refractivity contribution < 1.29 is 9.47 Å². The zero-order chi connectivity index (χ0) is 22.9. The summed E-state index contributed by atoms with van der Waals surface area (Å²) in [7, 11) is 3.17. The number of H-pyrrole nitrogens is 1. The number of ether oxygens (including phenoxy) is 2. The molecule has 0 aliphatic carbocycles. The third-order valence-corrected chi connectivity index (χ3v) is 5.69. The van der Waals surface area contributed by atoms with E-state index in [0.717, 1.165) is 22.2 Å². The molecule has 0 aliphatic heterocycles. The average Bonchev–Trinajstić information content (AvgIpc) is 3.44. The number of anilines is 1. The molecule has 0 saturated carbocycles. The first-order valence-corrected chi connectivity index (χ1v) is 10.6. The van der Waals surface area contributed by atoms with Gasteiger partial charge in [-0.2, -0.15) is 4.98 Å². The Hall–Kier alpha value is -4.19. The van der Waals surface area contributed by atoms with Crippen LogP contribution in [0.1, 0.15) is 11.1 Å². The van der Waals surface area contributed by atoms with Gasteiger partial charge in [0, 0.05) is 6.21 Å². The van der Waals surface area contributed by atoms with Gasteiger partial charge in [-0.05, 0) is 60.1 Å². The van der Waals surface area contributed by atoms with Crippen molar-refractivity contribution >= 4 is 46.6 Å². The molecule has 0 bridgehead atoms. The lowest BCUT2D eigenvalue weighted by molar-refractivity contribution is 0.355. The van der Waals surface area contributed by atoms with Gasteiger partial charge in [-0.1, -0.05) is 6.07 Å². The van der Waals surface area contributed by atoms with Crippen molar-refractivity contribution in [3.05, 3.63) is 47.5 Å². The van der Waals surface area contributed by atoms with Crippen LogP contribution < -0.4 is 15.2 Å². The van der Waals surface area contributed by atoms with E-state index in [-0.39, 0.29) is 0 Å². The van der Waals surface area contributed by atoms with E-state index in [9.17, 15) is 0 Å². The monoisotopic (exact) mass is 461 g/mol. The van der Waals surface area contributed by atoms with Crippen molar-refractivity contribution in [1.82, 2.24) is 34.8 Å². The lowest BCUT2D eigenvalue weighted by Gasteiger charge is -2.07. The number of aromatic nitrogens is 7. The van der Waals surface area contributed by atoms with E-state index >= 15 is 0 Å². The van der Waals surface area contributed by atoms with Crippen molar-refractivity contribution in [1.29, 1.82) is 0 Å². The van der Waals surface area contributed by atoms with E-state index in [4.69, 9.17) is 20.2 Å². The van der Waals surface area contributed by atoms with E-state index in [1.807, 2.05) is 43.3 Å². The van der Waals surface area contributed by atoms with Crippen molar-refractivity contribution in [2.75, 3.05) is 20.0 Å². The third-order valence-electron chi connectivity index (χ3n) is 4.86. The molecule has 5 rings (SSSR count). The number of aromatic amines is 1. The Morgan fingerprint density at radius 1 is 1.06 bits per heavy atom. The van der Waals surface area contributed by atoms with Crippen LogP contribution in [0.3, 0.4) is 0 Å². The molecule has 5 aromatic rings. The number of hydrogen-bond acceptors (Lipinski definition) is 10. The van der Waals surface area contributed by atoms with E-state index in [1.165, 1.54) is 11.8 Å². The number of nitrogens with one attached hydrogen (secondary N) is 1. The summed E-state index contributed by atoms with van der Waals surface area (Å²) in [6.07, 6.45) is 1.66. The van der Waals surface area contributed by atoms with Crippen molar-refractivity contribution in [2.45, 2.75) is 17.1 Å². The molecule has 2 aromatic carbocycles. The Labute approximate surface area is 192 Å². The second kappa shape index (κ2) is 8.39. The molecule has 0 atom stereocenters. The fourth-order valence-corrected chi connectivity index (χ4v) is 4.07. The summed E-state index contributed by atoms with van der Waals surface area (Å²) in [6.45, 7) is 2.01. The fraction of sp³-hybridized carbons (Fsp3) is 0.143. The van der Waals surface area contributed by atoms with Crippen LogP contribution in [0.2, 0.25) is 0 Å². The Morgan fingerprint density at radius 3 is 2.73 bits per heavy atom. The maximum Gasteiger partial charge on any atom is 0.246 e. The summed E-state index contributed by atoms with van der Waals surface area (Å²) in [5.74, 6) is 1.90. The molecule has 3 aromatic heterocycles. The molecule has 11 nitrogen and oxygen atoms in total. The number of nitrogens with two attached hydrogens (primary N) is 1. The first-order chi connectivity index (χ1) is 16.1. The quantitative estimate of drug-likeness (QED) is 0.364. The molecule has 12 heteroatoms. The van der Waals surface area contributed by atoms with Crippen molar-refractivity contribution in [2.24, 2.45) is 4.99 Å². The van der Waals surface area contributed by atoms with Crippen LogP contribution >= 0.6 is 11.8 Å². The highest BCUT2D eigenvalue weighted by molar-refractivity contribution is 7.99. The normalized spacial score (nSPS) is 11.6. The van der Waals surface area contributed by atoms with Crippen LogP contribution in [0, 0.1) is 6.92 Å². The van der Waals surface area contributed by atoms with Crippen LogP contribution in [0.5, 0.6) is 11.5 Å². The Bertz CT molecular complexity index is 1510. The molecule has 33 heavy (non-hydrogen) atoms. The van der Waals surface area contributed by atoms with Crippen LogP contribution in [0.15, 0.2) is 51.6 Å². The number of aryl methyl sites for hydroxylation is 1. The van der Waals surface area contributed by atoms with Crippen LogP contribution in [-0.2, 0) is 0 Å². The molecule has 166 valence electrons. The summed E-state index contributed by atoms with van der Waals surface area (Å²) < 4.78 is 12.3. The fourth-order valence-electron chi connectivity index (χ4n) is 3.30. The molecule has 0 saturated heterocycles. The van der Waals surface area contributed by atoms with Crippen LogP contribution in [0.25, 0.3) is 16.7 Å². The molecule has 0 spiro atoms. The van der Waals surface area contributed by atoms with Gasteiger partial charge in [-0.3, -0.25) is 4.40 Å². The van der Waals surface area contributed by atoms with E-state index in [0.29, 0.717) is 39.2 Å². The smallest absolute Gasteiger partial charge is 0.246 e. The molecule has 3 N–H and O–H groups in total. The summed E-state index contributed by atoms with van der Waals surface area (Å²) >= 11 is 1.25. The summed E-state index contributed by atoms with van der Waals surface area (Å²) in [5.41, 5.74) is 10.1.